The molecule has 2 fully saturated rings. The van der Waals surface area contributed by atoms with Crippen molar-refractivity contribution in [2.75, 3.05) is 46.9 Å². The third kappa shape index (κ3) is 3.93. The standard InChI is InChI=1S/C20H33N3O2/c1-15-13-19(16(2)23(15)11-12-25-4)20(24)22-10-7-18(14-22)17-5-8-21(3)9-6-17/h13,17-18H,5-12,14H2,1-4H3. The Morgan fingerprint density at radius 2 is 1.84 bits per heavy atom. The molecule has 2 aliphatic rings. The number of hydrogen-bond acceptors (Lipinski definition) is 3. The van der Waals surface area contributed by atoms with Gasteiger partial charge in [-0.25, -0.2) is 0 Å². The van der Waals surface area contributed by atoms with Crippen molar-refractivity contribution in [3.8, 4) is 0 Å². The van der Waals surface area contributed by atoms with E-state index >= 15 is 0 Å². The molecule has 0 aliphatic carbocycles. The van der Waals surface area contributed by atoms with Crippen molar-refractivity contribution in [3.63, 3.8) is 0 Å². The molecule has 1 aromatic heterocycles. The Hall–Kier alpha value is -1.33. The molecular formula is C20H33N3O2. The molecule has 3 heterocycles. The smallest absolute Gasteiger partial charge is 0.255 e. The van der Waals surface area contributed by atoms with Gasteiger partial charge in [-0.1, -0.05) is 0 Å². The predicted octanol–water partition coefficient (Wildman–Crippen LogP) is 2.56. The lowest BCUT2D eigenvalue weighted by Gasteiger charge is -2.32. The normalized spacial score (nSPS) is 22.7. The first-order valence-corrected chi connectivity index (χ1v) is 9.64. The highest BCUT2D eigenvalue weighted by atomic mass is 16.5. The van der Waals surface area contributed by atoms with Crippen molar-refractivity contribution in [1.82, 2.24) is 14.4 Å². The summed E-state index contributed by atoms with van der Waals surface area (Å²) in [6.07, 6.45) is 3.74. The molecule has 0 aromatic carbocycles. The van der Waals surface area contributed by atoms with Crippen LogP contribution in [0.4, 0.5) is 0 Å². The summed E-state index contributed by atoms with van der Waals surface area (Å²) in [4.78, 5) is 17.6. The van der Waals surface area contributed by atoms with Crippen molar-refractivity contribution >= 4 is 5.91 Å². The van der Waals surface area contributed by atoms with Gasteiger partial charge in [0, 0.05) is 38.1 Å². The Bertz CT molecular complexity index is 602. The molecule has 2 aliphatic heterocycles. The fourth-order valence-corrected chi connectivity index (χ4v) is 4.57. The van der Waals surface area contributed by atoms with E-state index in [1.165, 1.54) is 32.4 Å². The molecule has 1 atom stereocenters. The number of piperidine rings is 1. The molecular weight excluding hydrogens is 314 g/mol. The number of hydrogen-bond donors (Lipinski definition) is 0. The number of nitrogens with zero attached hydrogens (tertiary/aromatic N) is 3. The van der Waals surface area contributed by atoms with E-state index in [9.17, 15) is 4.79 Å². The summed E-state index contributed by atoms with van der Waals surface area (Å²) in [6.45, 7) is 9.87. The summed E-state index contributed by atoms with van der Waals surface area (Å²) in [5.41, 5.74) is 3.09. The maximum atomic E-state index is 13.1. The number of carbonyl (C=O) groups is 1. The van der Waals surface area contributed by atoms with Gasteiger partial charge in [0.1, 0.15) is 0 Å². The first-order valence-electron chi connectivity index (χ1n) is 9.64. The lowest BCUT2D eigenvalue weighted by atomic mass is 9.84. The molecule has 2 saturated heterocycles. The molecule has 1 unspecified atom stereocenters. The second-order valence-corrected chi connectivity index (χ2v) is 7.87. The van der Waals surface area contributed by atoms with E-state index < -0.39 is 0 Å². The number of aromatic nitrogens is 1. The maximum Gasteiger partial charge on any atom is 0.255 e. The van der Waals surface area contributed by atoms with Gasteiger partial charge in [0.05, 0.1) is 12.2 Å². The number of likely N-dealkylation sites (tertiary alicyclic amines) is 2. The predicted molar refractivity (Wildman–Crippen MR) is 100 cm³/mol. The minimum atomic E-state index is 0.215. The highest BCUT2D eigenvalue weighted by molar-refractivity contribution is 5.95. The van der Waals surface area contributed by atoms with E-state index in [1.807, 2.05) is 0 Å². The quantitative estimate of drug-likeness (QED) is 0.821. The van der Waals surface area contributed by atoms with Crippen molar-refractivity contribution in [2.45, 2.75) is 39.7 Å². The van der Waals surface area contributed by atoms with Crippen LogP contribution in [0.15, 0.2) is 6.07 Å². The molecule has 0 N–H and O–H groups in total. The van der Waals surface area contributed by atoms with E-state index in [0.29, 0.717) is 12.5 Å². The summed E-state index contributed by atoms with van der Waals surface area (Å²) in [5, 5.41) is 0. The highest BCUT2D eigenvalue weighted by Gasteiger charge is 2.34. The Morgan fingerprint density at radius 1 is 1.16 bits per heavy atom. The highest BCUT2D eigenvalue weighted by Crippen LogP contribution is 2.32. The molecule has 0 radical (unpaired) electrons. The number of amides is 1. The van der Waals surface area contributed by atoms with Gasteiger partial charge < -0.3 is 19.1 Å². The number of methoxy groups -OCH3 is 1. The molecule has 25 heavy (non-hydrogen) atoms. The summed E-state index contributed by atoms with van der Waals surface area (Å²) in [7, 11) is 3.92. The molecule has 5 heteroatoms. The van der Waals surface area contributed by atoms with Crippen LogP contribution in [0.2, 0.25) is 0 Å². The number of carbonyl (C=O) groups excluding carboxylic acids is 1. The van der Waals surface area contributed by atoms with E-state index in [1.54, 1.807) is 7.11 Å². The van der Waals surface area contributed by atoms with Gasteiger partial charge in [-0.3, -0.25) is 4.79 Å². The summed E-state index contributed by atoms with van der Waals surface area (Å²) in [6, 6.07) is 2.05. The van der Waals surface area contributed by atoms with Crippen molar-refractivity contribution in [2.24, 2.45) is 11.8 Å². The second-order valence-electron chi connectivity index (χ2n) is 7.87. The minimum Gasteiger partial charge on any atom is -0.383 e. The van der Waals surface area contributed by atoms with Gasteiger partial charge in [-0.15, -0.1) is 0 Å². The van der Waals surface area contributed by atoms with Gasteiger partial charge in [0.2, 0.25) is 0 Å². The number of rotatable bonds is 5. The van der Waals surface area contributed by atoms with Gasteiger partial charge in [0.15, 0.2) is 0 Å². The minimum absolute atomic E-state index is 0.215. The fourth-order valence-electron chi connectivity index (χ4n) is 4.57. The van der Waals surface area contributed by atoms with Gasteiger partial charge in [-0.2, -0.15) is 0 Å². The van der Waals surface area contributed by atoms with Crippen LogP contribution in [-0.4, -0.2) is 67.2 Å². The van der Waals surface area contributed by atoms with Crippen molar-refractivity contribution < 1.29 is 9.53 Å². The van der Waals surface area contributed by atoms with Crippen LogP contribution in [0.5, 0.6) is 0 Å². The second kappa shape index (κ2) is 7.92. The van der Waals surface area contributed by atoms with Gasteiger partial charge in [-0.05, 0) is 71.1 Å². The average molecular weight is 348 g/mol. The topological polar surface area (TPSA) is 37.7 Å². The van der Waals surface area contributed by atoms with Crippen LogP contribution < -0.4 is 0 Å². The summed E-state index contributed by atoms with van der Waals surface area (Å²) in [5.74, 6) is 1.70. The third-order valence-corrected chi connectivity index (χ3v) is 6.26. The van der Waals surface area contributed by atoms with E-state index in [-0.39, 0.29) is 5.91 Å². The zero-order chi connectivity index (χ0) is 18.0. The molecule has 140 valence electrons. The first kappa shape index (κ1) is 18.5. The number of aryl methyl sites for hydroxylation is 1. The molecule has 3 rings (SSSR count). The van der Waals surface area contributed by atoms with E-state index in [2.05, 4.69) is 41.3 Å². The zero-order valence-corrected chi connectivity index (χ0v) is 16.3. The summed E-state index contributed by atoms with van der Waals surface area (Å²) < 4.78 is 7.39. The Morgan fingerprint density at radius 3 is 2.52 bits per heavy atom. The van der Waals surface area contributed by atoms with Crippen LogP contribution in [0, 0.1) is 25.7 Å². The fraction of sp³-hybridized carbons (Fsp3) is 0.750. The molecule has 1 amide bonds. The van der Waals surface area contributed by atoms with Gasteiger partial charge in [0.25, 0.3) is 5.91 Å². The van der Waals surface area contributed by atoms with Crippen molar-refractivity contribution in [1.29, 1.82) is 0 Å². The zero-order valence-electron chi connectivity index (χ0n) is 16.3. The van der Waals surface area contributed by atoms with Crippen molar-refractivity contribution in [3.05, 3.63) is 23.0 Å². The first-order chi connectivity index (χ1) is 12.0. The Balaban J connectivity index is 1.64. The SMILES string of the molecule is COCCn1c(C)cc(C(=O)N2CCC(C3CCN(C)CC3)C2)c1C. The monoisotopic (exact) mass is 347 g/mol. The largest absolute Gasteiger partial charge is 0.383 e. The van der Waals surface area contributed by atoms with Gasteiger partial charge >= 0.3 is 0 Å². The third-order valence-electron chi connectivity index (χ3n) is 6.26. The summed E-state index contributed by atoms with van der Waals surface area (Å²) >= 11 is 0. The Kier molecular flexibility index (Phi) is 5.85. The van der Waals surface area contributed by atoms with E-state index in [4.69, 9.17) is 4.74 Å². The van der Waals surface area contributed by atoms with Crippen LogP contribution in [0.25, 0.3) is 0 Å². The molecule has 0 bridgehead atoms. The van der Waals surface area contributed by atoms with Crippen LogP contribution in [0.1, 0.15) is 41.0 Å². The molecule has 5 nitrogen and oxygen atoms in total. The Labute approximate surface area is 151 Å². The van der Waals surface area contributed by atoms with Crippen LogP contribution in [-0.2, 0) is 11.3 Å². The molecule has 0 saturated carbocycles. The lowest BCUT2D eigenvalue weighted by molar-refractivity contribution is 0.0775. The molecule has 1 aromatic rings. The lowest BCUT2D eigenvalue weighted by Crippen LogP contribution is -2.35. The van der Waals surface area contributed by atoms with Crippen LogP contribution >= 0.6 is 0 Å². The van der Waals surface area contributed by atoms with Crippen LogP contribution in [0.3, 0.4) is 0 Å². The number of ether oxygens (including phenoxy) is 1. The molecule has 0 spiro atoms. The average Bonchev–Trinajstić information content (AvgIpc) is 3.19. The maximum absolute atomic E-state index is 13.1. The van der Waals surface area contributed by atoms with E-state index in [0.717, 1.165) is 42.5 Å².